The lowest BCUT2D eigenvalue weighted by Crippen LogP contribution is -2.47. The second-order valence-corrected chi connectivity index (χ2v) is 2.85. The summed E-state index contributed by atoms with van der Waals surface area (Å²) in [7, 11) is 1.69. The first-order valence-electron chi connectivity index (χ1n) is 4.27. The van der Waals surface area contributed by atoms with Crippen LogP contribution in [-0.2, 0) is 9.59 Å². The topological polar surface area (TPSA) is 75.4 Å². The summed E-state index contributed by atoms with van der Waals surface area (Å²) in [6.07, 6.45) is 0. The van der Waals surface area contributed by atoms with E-state index in [1.54, 1.807) is 18.9 Å². The molecule has 0 aliphatic carbocycles. The molecule has 5 nitrogen and oxygen atoms in total. The molecule has 0 saturated carbocycles. The fourth-order valence-electron chi connectivity index (χ4n) is 0.849. The van der Waals surface area contributed by atoms with Gasteiger partial charge in [-0.1, -0.05) is 0 Å². The van der Waals surface area contributed by atoms with Gasteiger partial charge in [0.05, 0.1) is 6.54 Å². The molecule has 0 aromatic heterocycles. The lowest BCUT2D eigenvalue weighted by Gasteiger charge is -2.20. The van der Waals surface area contributed by atoms with Crippen LogP contribution >= 0.6 is 0 Å². The molecule has 13 heavy (non-hydrogen) atoms. The quantitative estimate of drug-likeness (QED) is 0.588. The van der Waals surface area contributed by atoms with E-state index in [1.807, 2.05) is 6.92 Å². The average Bonchev–Trinajstić information content (AvgIpc) is 2.14. The Bertz CT molecular complexity index is 194. The number of rotatable bonds is 4. The third-order valence-electron chi connectivity index (χ3n) is 1.78. The van der Waals surface area contributed by atoms with E-state index >= 15 is 0 Å². The van der Waals surface area contributed by atoms with Crippen molar-refractivity contribution in [2.24, 2.45) is 5.73 Å². The fourth-order valence-corrected chi connectivity index (χ4v) is 0.849. The molecule has 1 unspecified atom stereocenters. The van der Waals surface area contributed by atoms with Crippen molar-refractivity contribution in [2.45, 2.75) is 19.9 Å². The highest BCUT2D eigenvalue weighted by Crippen LogP contribution is 1.90. The van der Waals surface area contributed by atoms with Crippen LogP contribution in [-0.4, -0.2) is 42.9 Å². The Morgan fingerprint density at radius 2 is 2.08 bits per heavy atom. The van der Waals surface area contributed by atoms with Gasteiger partial charge < -0.3 is 16.0 Å². The van der Waals surface area contributed by atoms with Gasteiger partial charge in [-0.05, 0) is 13.8 Å². The van der Waals surface area contributed by atoms with Crippen LogP contribution in [0.5, 0.6) is 0 Å². The third kappa shape index (κ3) is 3.89. The second kappa shape index (κ2) is 5.53. The van der Waals surface area contributed by atoms with Gasteiger partial charge in [-0.25, -0.2) is 0 Å². The molecule has 1 atom stereocenters. The first kappa shape index (κ1) is 11.9. The smallest absolute Gasteiger partial charge is 0.244 e. The van der Waals surface area contributed by atoms with E-state index in [2.05, 4.69) is 5.32 Å². The van der Waals surface area contributed by atoms with Crippen molar-refractivity contribution in [1.29, 1.82) is 0 Å². The maximum atomic E-state index is 11.4. The Balaban J connectivity index is 4.03. The summed E-state index contributed by atoms with van der Waals surface area (Å²) in [5.41, 5.74) is 5.09. The van der Waals surface area contributed by atoms with Gasteiger partial charge in [-0.2, -0.15) is 0 Å². The summed E-state index contributed by atoms with van der Waals surface area (Å²) in [6.45, 7) is 4.05. The zero-order valence-corrected chi connectivity index (χ0v) is 8.33. The number of hydrogen-bond donors (Lipinski definition) is 2. The summed E-state index contributed by atoms with van der Waals surface area (Å²) in [5, 5.41) is 2.49. The van der Waals surface area contributed by atoms with Crippen LogP contribution in [0, 0.1) is 0 Å². The average molecular weight is 187 g/mol. The molecule has 0 radical (unpaired) electrons. The van der Waals surface area contributed by atoms with Crippen molar-refractivity contribution in [3.63, 3.8) is 0 Å². The highest BCUT2D eigenvalue weighted by atomic mass is 16.2. The molecule has 0 aliphatic rings. The monoisotopic (exact) mass is 187 g/mol. The van der Waals surface area contributed by atoms with Gasteiger partial charge in [0.1, 0.15) is 6.04 Å². The summed E-state index contributed by atoms with van der Waals surface area (Å²) >= 11 is 0. The van der Waals surface area contributed by atoms with Crippen molar-refractivity contribution < 1.29 is 9.59 Å². The molecule has 0 spiro atoms. The Labute approximate surface area is 78.3 Å². The number of amides is 2. The van der Waals surface area contributed by atoms with Crippen molar-refractivity contribution in [3.05, 3.63) is 0 Å². The maximum Gasteiger partial charge on any atom is 0.244 e. The van der Waals surface area contributed by atoms with E-state index in [9.17, 15) is 9.59 Å². The molecular weight excluding hydrogens is 170 g/mol. The number of carbonyl (C=O) groups is 2. The van der Waals surface area contributed by atoms with Gasteiger partial charge in [-0.3, -0.25) is 9.59 Å². The largest absolute Gasteiger partial charge is 0.344 e. The summed E-state index contributed by atoms with van der Waals surface area (Å²) < 4.78 is 0. The van der Waals surface area contributed by atoms with Crippen LogP contribution in [0.1, 0.15) is 13.8 Å². The predicted octanol–water partition coefficient (Wildman–Crippen LogP) is -1.07. The summed E-state index contributed by atoms with van der Waals surface area (Å²) in [6, 6.07) is -0.499. The first-order chi connectivity index (χ1) is 6.02. The van der Waals surface area contributed by atoms with E-state index in [-0.39, 0.29) is 18.4 Å². The summed E-state index contributed by atoms with van der Waals surface area (Å²) in [5.74, 6) is -0.422. The van der Waals surface area contributed by atoms with Crippen molar-refractivity contribution in [3.8, 4) is 0 Å². The standard InChI is InChI=1S/C8H17N3O2/c1-4-11(3)8(13)6(2)10-7(12)5-9/h6H,4-5,9H2,1-3H3,(H,10,12). The Kier molecular flexibility index (Phi) is 5.06. The van der Waals surface area contributed by atoms with Gasteiger partial charge in [0.25, 0.3) is 0 Å². The zero-order valence-electron chi connectivity index (χ0n) is 8.33. The minimum absolute atomic E-state index is 0.0898. The highest BCUT2D eigenvalue weighted by Gasteiger charge is 2.17. The van der Waals surface area contributed by atoms with Crippen LogP contribution in [0.3, 0.4) is 0 Å². The van der Waals surface area contributed by atoms with Crippen LogP contribution in [0.4, 0.5) is 0 Å². The van der Waals surface area contributed by atoms with Crippen LogP contribution < -0.4 is 11.1 Å². The van der Waals surface area contributed by atoms with Gasteiger partial charge >= 0.3 is 0 Å². The zero-order chi connectivity index (χ0) is 10.4. The number of nitrogens with one attached hydrogen (secondary N) is 1. The molecule has 0 aliphatic heterocycles. The lowest BCUT2D eigenvalue weighted by atomic mass is 10.3. The fraction of sp³-hybridized carbons (Fsp3) is 0.750. The Morgan fingerprint density at radius 3 is 2.46 bits per heavy atom. The number of nitrogens with two attached hydrogens (primary N) is 1. The molecule has 5 heteroatoms. The van der Waals surface area contributed by atoms with Gasteiger partial charge in [0.15, 0.2) is 0 Å². The molecule has 3 N–H and O–H groups in total. The lowest BCUT2D eigenvalue weighted by molar-refractivity contribution is -0.134. The number of carbonyl (C=O) groups excluding carboxylic acids is 2. The van der Waals surface area contributed by atoms with Crippen LogP contribution in [0.15, 0.2) is 0 Å². The van der Waals surface area contributed by atoms with Gasteiger partial charge in [-0.15, -0.1) is 0 Å². The molecule has 0 heterocycles. The molecule has 0 fully saturated rings. The van der Waals surface area contributed by atoms with E-state index in [0.717, 1.165) is 0 Å². The molecule has 2 amide bonds. The van der Waals surface area contributed by atoms with E-state index < -0.39 is 6.04 Å². The Hall–Kier alpha value is -1.10. The third-order valence-corrected chi connectivity index (χ3v) is 1.78. The minimum atomic E-state index is -0.499. The maximum absolute atomic E-state index is 11.4. The second-order valence-electron chi connectivity index (χ2n) is 2.85. The van der Waals surface area contributed by atoms with E-state index in [4.69, 9.17) is 5.73 Å². The molecule has 0 rings (SSSR count). The summed E-state index contributed by atoms with van der Waals surface area (Å²) in [4.78, 5) is 23.8. The predicted molar refractivity (Wildman–Crippen MR) is 50.0 cm³/mol. The van der Waals surface area contributed by atoms with Crippen LogP contribution in [0.25, 0.3) is 0 Å². The molecule has 76 valence electrons. The van der Waals surface area contributed by atoms with Crippen LogP contribution in [0.2, 0.25) is 0 Å². The highest BCUT2D eigenvalue weighted by molar-refractivity contribution is 5.87. The molecule has 0 aromatic carbocycles. The van der Waals surface area contributed by atoms with Gasteiger partial charge in [0, 0.05) is 13.6 Å². The first-order valence-corrected chi connectivity index (χ1v) is 4.27. The number of likely N-dealkylation sites (N-methyl/N-ethyl adjacent to an activating group) is 1. The van der Waals surface area contributed by atoms with E-state index in [1.165, 1.54) is 0 Å². The molecule has 0 aromatic rings. The van der Waals surface area contributed by atoms with Gasteiger partial charge in [0.2, 0.25) is 11.8 Å². The van der Waals surface area contributed by atoms with E-state index in [0.29, 0.717) is 6.54 Å². The SMILES string of the molecule is CCN(C)C(=O)C(C)NC(=O)CN. The minimum Gasteiger partial charge on any atom is -0.344 e. The van der Waals surface area contributed by atoms with Crippen molar-refractivity contribution in [2.75, 3.05) is 20.1 Å². The molecule has 0 bridgehead atoms. The Morgan fingerprint density at radius 1 is 1.54 bits per heavy atom. The van der Waals surface area contributed by atoms with Crippen molar-refractivity contribution in [1.82, 2.24) is 10.2 Å². The number of hydrogen-bond acceptors (Lipinski definition) is 3. The molecule has 0 saturated heterocycles. The normalized spacial score (nSPS) is 12.0. The van der Waals surface area contributed by atoms with Crippen molar-refractivity contribution >= 4 is 11.8 Å². The number of nitrogens with zero attached hydrogens (tertiary/aromatic N) is 1. The molecular formula is C8H17N3O2.